The van der Waals surface area contributed by atoms with Crippen molar-refractivity contribution in [2.75, 3.05) is 26.2 Å². The molecule has 2 amide bonds. The molecule has 0 aromatic heterocycles. The summed E-state index contributed by atoms with van der Waals surface area (Å²) in [6.07, 6.45) is 5.00. The van der Waals surface area contributed by atoms with Gasteiger partial charge in [-0.25, -0.2) is 9.59 Å². The lowest BCUT2D eigenvalue weighted by Crippen LogP contribution is -2.52. The number of hydrogen-bond acceptors (Lipinski definition) is 4. The highest BCUT2D eigenvalue weighted by Gasteiger charge is 2.29. The molecule has 1 aliphatic heterocycles. The second-order valence-corrected chi connectivity index (χ2v) is 7.10. The minimum absolute atomic E-state index is 0.0742. The van der Waals surface area contributed by atoms with Crippen molar-refractivity contribution in [2.24, 2.45) is 0 Å². The van der Waals surface area contributed by atoms with Gasteiger partial charge in [-0.15, -0.1) is 0 Å². The first-order valence-corrected chi connectivity index (χ1v) is 8.28. The number of hydrogen-bond donors (Lipinski definition) is 0. The van der Waals surface area contributed by atoms with Crippen molar-refractivity contribution >= 4 is 12.2 Å². The number of nitrogens with zero attached hydrogens (tertiary/aromatic N) is 2. The summed E-state index contributed by atoms with van der Waals surface area (Å²) in [5.41, 5.74) is -0.492. The largest absolute Gasteiger partial charge is 0.446 e. The van der Waals surface area contributed by atoms with Crippen LogP contribution in [-0.2, 0) is 9.47 Å². The standard InChI is InChI=1S/C16H28N2O4/c1-16(2,3)22-15(20)18-11-9-17(10-12-18)14(19)21-13-7-5-4-6-8-13/h13H,4-12H2,1-3H3. The van der Waals surface area contributed by atoms with E-state index >= 15 is 0 Å². The SMILES string of the molecule is CC(C)(C)OC(=O)N1CCN(C(=O)OC2CCCCC2)CC1. The van der Waals surface area contributed by atoms with Crippen LogP contribution in [0, 0.1) is 0 Å². The molecular weight excluding hydrogens is 284 g/mol. The second-order valence-electron chi connectivity index (χ2n) is 7.10. The fourth-order valence-corrected chi connectivity index (χ4v) is 2.80. The molecule has 1 heterocycles. The Morgan fingerprint density at radius 2 is 1.36 bits per heavy atom. The Morgan fingerprint density at radius 3 is 1.86 bits per heavy atom. The first kappa shape index (κ1) is 16.9. The molecule has 0 aromatic carbocycles. The van der Waals surface area contributed by atoms with E-state index in [0.717, 1.165) is 25.7 Å². The molecule has 0 spiro atoms. The molecule has 0 atom stereocenters. The lowest BCUT2D eigenvalue weighted by atomic mass is 9.98. The van der Waals surface area contributed by atoms with Gasteiger partial charge in [0.25, 0.3) is 0 Å². The summed E-state index contributed by atoms with van der Waals surface area (Å²) < 4.78 is 10.9. The van der Waals surface area contributed by atoms with Crippen LogP contribution in [0.4, 0.5) is 9.59 Å². The highest BCUT2D eigenvalue weighted by Crippen LogP contribution is 2.21. The summed E-state index contributed by atoms with van der Waals surface area (Å²) in [5, 5.41) is 0. The van der Waals surface area contributed by atoms with E-state index in [1.165, 1.54) is 6.42 Å². The van der Waals surface area contributed by atoms with Crippen molar-refractivity contribution in [2.45, 2.75) is 64.6 Å². The maximum Gasteiger partial charge on any atom is 0.410 e. The van der Waals surface area contributed by atoms with Crippen molar-refractivity contribution in [3.8, 4) is 0 Å². The molecule has 0 radical (unpaired) electrons. The Hall–Kier alpha value is -1.46. The fourth-order valence-electron chi connectivity index (χ4n) is 2.80. The number of rotatable bonds is 1. The minimum Gasteiger partial charge on any atom is -0.446 e. The van der Waals surface area contributed by atoms with Gasteiger partial charge in [0.2, 0.25) is 0 Å². The van der Waals surface area contributed by atoms with Crippen LogP contribution in [0.25, 0.3) is 0 Å². The smallest absolute Gasteiger partial charge is 0.410 e. The Bertz CT molecular complexity index is 391. The van der Waals surface area contributed by atoms with Crippen molar-refractivity contribution < 1.29 is 19.1 Å². The Balaban J connectivity index is 1.74. The molecule has 1 saturated carbocycles. The average molecular weight is 312 g/mol. The summed E-state index contributed by atoms with van der Waals surface area (Å²) >= 11 is 0. The number of carbonyl (C=O) groups excluding carboxylic acids is 2. The Labute approximate surface area is 132 Å². The van der Waals surface area contributed by atoms with Crippen LogP contribution in [0.2, 0.25) is 0 Å². The van der Waals surface area contributed by atoms with Crippen molar-refractivity contribution in [3.63, 3.8) is 0 Å². The van der Waals surface area contributed by atoms with Gasteiger partial charge in [0.05, 0.1) is 0 Å². The van der Waals surface area contributed by atoms with Crippen molar-refractivity contribution in [1.29, 1.82) is 0 Å². The predicted molar refractivity (Wildman–Crippen MR) is 82.7 cm³/mol. The number of ether oxygens (including phenoxy) is 2. The Morgan fingerprint density at radius 1 is 0.864 bits per heavy atom. The zero-order chi connectivity index (χ0) is 16.2. The van der Waals surface area contributed by atoms with Crippen LogP contribution in [0.1, 0.15) is 52.9 Å². The molecule has 0 unspecified atom stereocenters. The van der Waals surface area contributed by atoms with E-state index in [1.807, 2.05) is 20.8 Å². The lowest BCUT2D eigenvalue weighted by molar-refractivity contribution is 0.00652. The molecule has 0 bridgehead atoms. The molecule has 0 N–H and O–H groups in total. The van der Waals surface area contributed by atoms with E-state index in [9.17, 15) is 9.59 Å². The molecule has 6 heteroatoms. The summed E-state index contributed by atoms with van der Waals surface area (Å²) in [6, 6.07) is 0. The summed E-state index contributed by atoms with van der Waals surface area (Å²) in [7, 11) is 0. The monoisotopic (exact) mass is 312 g/mol. The molecule has 6 nitrogen and oxygen atoms in total. The van der Waals surface area contributed by atoms with Gasteiger partial charge in [0.15, 0.2) is 0 Å². The highest BCUT2D eigenvalue weighted by molar-refractivity contribution is 5.70. The van der Waals surface area contributed by atoms with Gasteiger partial charge in [-0.1, -0.05) is 6.42 Å². The Kier molecular flexibility index (Phi) is 5.53. The van der Waals surface area contributed by atoms with E-state index < -0.39 is 5.60 Å². The number of piperazine rings is 1. The molecular formula is C16H28N2O4. The van der Waals surface area contributed by atoms with Gasteiger partial charge in [-0.3, -0.25) is 0 Å². The number of amides is 2. The fraction of sp³-hybridized carbons (Fsp3) is 0.875. The van der Waals surface area contributed by atoms with Crippen LogP contribution < -0.4 is 0 Å². The van der Waals surface area contributed by atoms with Gasteiger partial charge < -0.3 is 19.3 Å². The van der Waals surface area contributed by atoms with Crippen LogP contribution >= 0.6 is 0 Å². The third-order valence-corrected chi connectivity index (χ3v) is 4.01. The summed E-state index contributed by atoms with van der Waals surface area (Å²) in [5.74, 6) is 0. The zero-order valence-corrected chi connectivity index (χ0v) is 14.0. The highest BCUT2D eigenvalue weighted by atomic mass is 16.6. The lowest BCUT2D eigenvalue weighted by Gasteiger charge is -2.36. The maximum atomic E-state index is 12.1. The molecule has 0 aromatic rings. The first-order valence-electron chi connectivity index (χ1n) is 8.28. The minimum atomic E-state index is -0.492. The van der Waals surface area contributed by atoms with Crippen molar-refractivity contribution in [3.05, 3.63) is 0 Å². The van der Waals surface area contributed by atoms with Gasteiger partial charge in [-0.2, -0.15) is 0 Å². The van der Waals surface area contributed by atoms with Gasteiger partial charge >= 0.3 is 12.2 Å². The van der Waals surface area contributed by atoms with Crippen LogP contribution in [0.5, 0.6) is 0 Å². The second kappa shape index (κ2) is 7.20. The van der Waals surface area contributed by atoms with Gasteiger partial charge in [-0.05, 0) is 46.5 Å². The molecule has 2 fully saturated rings. The van der Waals surface area contributed by atoms with E-state index in [2.05, 4.69) is 0 Å². The topological polar surface area (TPSA) is 59.1 Å². The van der Waals surface area contributed by atoms with E-state index in [-0.39, 0.29) is 18.3 Å². The van der Waals surface area contributed by atoms with Crippen LogP contribution in [0.15, 0.2) is 0 Å². The van der Waals surface area contributed by atoms with E-state index in [0.29, 0.717) is 26.2 Å². The van der Waals surface area contributed by atoms with Crippen molar-refractivity contribution in [1.82, 2.24) is 9.80 Å². The molecule has 2 rings (SSSR count). The third-order valence-electron chi connectivity index (χ3n) is 4.01. The van der Waals surface area contributed by atoms with Crippen LogP contribution in [0.3, 0.4) is 0 Å². The number of carbonyl (C=O) groups is 2. The molecule has 126 valence electrons. The maximum absolute atomic E-state index is 12.1. The van der Waals surface area contributed by atoms with Gasteiger partial charge in [0, 0.05) is 26.2 Å². The summed E-state index contributed by atoms with van der Waals surface area (Å²) in [6.45, 7) is 7.55. The molecule has 2 aliphatic rings. The summed E-state index contributed by atoms with van der Waals surface area (Å²) in [4.78, 5) is 27.5. The predicted octanol–water partition coefficient (Wildman–Crippen LogP) is 3.01. The normalized spacial score (nSPS) is 20.7. The van der Waals surface area contributed by atoms with Gasteiger partial charge in [0.1, 0.15) is 11.7 Å². The molecule has 22 heavy (non-hydrogen) atoms. The quantitative estimate of drug-likeness (QED) is 0.747. The average Bonchev–Trinajstić information content (AvgIpc) is 2.46. The van der Waals surface area contributed by atoms with E-state index in [1.54, 1.807) is 9.80 Å². The zero-order valence-electron chi connectivity index (χ0n) is 14.0. The first-order chi connectivity index (χ1) is 10.3. The van der Waals surface area contributed by atoms with E-state index in [4.69, 9.17) is 9.47 Å². The molecule has 1 aliphatic carbocycles. The molecule has 1 saturated heterocycles. The van der Waals surface area contributed by atoms with Crippen LogP contribution in [-0.4, -0.2) is 59.9 Å². The third kappa shape index (κ3) is 5.07.